The molecule has 0 bridgehead atoms. The third kappa shape index (κ3) is 3.64. The van der Waals surface area contributed by atoms with Gasteiger partial charge in [0.2, 0.25) is 0 Å². The molecule has 1 aromatic heterocycles. The van der Waals surface area contributed by atoms with E-state index >= 15 is 0 Å². The van der Waals surface area contributed by atoms with Crippen molar-refractivity contribution in [3.8, 4) is 5.75 Å². The van der Waals surface area contributed by atoms with Crippen LogP contribution in [-0.4, -0.2) is 41.4 Å². The van der Waals surface area contributed by atoms with Gasteiger partial charge in [0.1, 0.15) is 30.2 Å². The number of ether oxygens (including phenoxy) is 1. The molecule has 0 aliphatic carbocycles. The van der Waals surface area contributed by atoms with Gasteiger partial charge < -0.3 is 21.3 Å². The minimum absolute atomic E-state index is 0.0957. The topological polar surface area (TPSA) is 151 Å². The first-order chi connectivity index (χ1) is 13.1. The lowest BCUT2D eigenvalue weighted by molar-refractivity contribution is 0.0995. The summed E-state index contributed by atoms with van der Waals surface area (Å²) in [6, 6.07) is 8.52. The van der Waals surface area contributed by atoms with E-state index in [1.807, 2.05) is 0 Å². The van der Waals surface area contributed by atoms with Crippen molar-refractivity contribution in [2.45, 2.75) is 13.1 Å². The number of amides is 1. The molecular weight excluding hydrogens is 348 g/mol. The van der Waals surface area contributed by atoms with E-state index in [0.29, 0.717) is 29.4 Å². The smallest absolute Gasteiger partial charge is 0.260 e. The number of aliphatic hydroxyl groups is 1. The van der Waals surface area contributed by atoms with Gasteiger partial charge in [-0.2, -0.15) is 0 Å². The summed E-state index contributed by atoms with van der Waals surface area (Å²) in [5, 5.41) is 15.9. The summed E-state index contributed by atoms with van der Waals surface area (Å²) in [4.78, 5) is 22.6. The predicted molar refractivity (Wildman–Crippen MR) is 101 cm³/mol. The molecule has 1 aliphatic rings. The van der Waals surface area contributed by atoms with Crippen molar-refractivity contribution in [3.05, 3.63) is 52.7 Å². The monoisotopic (exact) mass is 368 g/mol. The number of aliphatic hydroxyl groups excluding tert-OH is 1. The summed E-state index contributed by atoms with van der Waals surface area (Å²) in [6.07, 6.45) is 0.835. The minimum atomic E-state index is -0.221. The van der Waals surface area contributed by atoms with Crippen molar-refractivity contribution in [2.75, 3.05) is 18.1 Å². The van der Waals surface area contributed by atoms with Gasteiger partial charge in [-0.05, 0) is 35.4 Å². The Morgan fingerprint density at radius 2 is 2.26 bits per heavy atom. The highest BCUT2D eigenvalue weighted by Gasteiger charge is 2.32. The number of hydrogen-bond donors (Lipinski definition) is 4. The van der Waals surface area contributed by atoms with Gasteiger partial charge in [-0.1, -0.05) is 6.07 Å². The van der Waals surface area contributed by atoms with Crippen molar-refractivity contribution >= 4 is 23.9 Å². The Labute approximate surface area is 155 Å². The van der Waals surface area contributed by atoms with E-state index in [2.05, 4.69) is 9.98 Å². The lowest BCUT2D eigenvalue weighted by Gasteiger charge is -2.15. The molecule has 27 heavy (non-hydrogen) atoms. The highest BCUT2D eigenvalue weighted by Crippen LogP contribution is 2.32. The molecule has 0 atom stereocenters. The maximum absolute atomic E-state index is 12.9. The first-order valence-electron chi connectivity index (χ1n) is 8.30. The molecule has 0 spiro atoms. The summed E-state index contributed by atoms with van der Waals surface area (Å²) >= 11 is 0. The molecule has 3 rings (SSSR count). The van der Waals surface area contributed by atoms with Crippen molar-refractivity contribution in [2.24, 2.45) is 16.5 Å². The van der Waals surface area contributed by atoms with Crippen LogP contribution < -0.4 is 21.1 Å². The standard InChI is InChI=1S/C18H20N6O3/c19-8-11-6-12(27-5-4-25)7-13-14(11)9-24(18(13)26)16-3-1-2-15(23-16)17(21)22-10-20/h1-3,6-7,10,25H,4-5,8-9,19H2,(H3,20,21,22). The van der Waals surface area contributed by atoms with Crippen molar-refractivity contribution in [1.29, 1.82) is 5.41 Å². The van der Waals surface area contributed by atoms with Gasteiger partial charge >= 0.3 is 0 Å². The average Bonchev–Trinajstić information content (AvgIpc) is 3.03. The predicted octanol–water partition coefficient (Wildman–Crippen LogP) is 0.384. The number of aliphatic imine (C=N–C) groups is 1. The van der Waals surface area contributed by atoms with E-state index in [1.165, 1.54) is 4.90 Å². The van der Waals surface area contributed by atoms with Crippen molar-refractivity contribution in [3.63, 3.8) is 0 Å². The number of anilines is 1. The molecular formula is C18H20N6O3. The van der Waals surface area contributed by atoms with E-state index in [1.54, 1.807) is 30.3 Å². The van der Waals surface area contributed by atoms with Crippen LogP contribution in [0.2, 0.25) is 0 Å². The zero-order valence-electron chi connectivity index (χ0n) is 14.6. The second-order valence-electron chi connectivity index (χ2n) is 5.80. The van der Waals surface area contributed by atoms with E-state index in [0.717, 1.165) is 17.5 Å². The van der Waals surface area contributed by atoms with Crippen LogP contribution in [0, 0.1) is 5.41 Å². The van der Waals surface area contributed by atoms with E-state index in [4.69, 9.17) is 26.7 Å². The minimum Gasteiger partial charge on any atom is -0.491 e. The van der Waals surface area contributed by atoms with Crippen LogP contribution in [-0.2, 0) is 13.1 Å². The Hall–Kier alpha value is -3.30. The van der Waals surface area contributed by atoms with Crippen molar-refractivity contribution < 1.29 is 14.6 Å². The van der Waals surface area contributed by atoms with Crippen LogP contribution in [0.4, 0.5) is 5.82 Å². The van der Waals surface area contributed by atoms with Gasteiger partial charge in [0.25, 0.3) is 5.91 Å². The Balaban J connectivity index is 1.96. The number of carbonyl (C=O) groups excluding carboxylic acids is 1. The van der Waals surface area contributed by atoms with Crippen LogP contribution in [0.3, 0.4) is 0 Å². The molecule has 0 radical (unpaired) electrons. The maximum atomic E-state index is 12.9. The molecule has 1 aliphatic heterocycles. The number of benzene rings is 1. The summed E-state index contributed by atoms with van der Waals surface area (Å²) in [7, 11) is 0. The molecule has 9 nitrogen and oxygen atoms in total. The van der Waals surface area contributed by atoms with Gasteiger partial charge in [-0.3, -0.25) is 15.1 Å². The van der Waals surface area contributed by atoms with Crippen LogP contribution >= 0.6 is 0 Å². The number of fused-ring (bicyclic) bond motifs is 1. The lowest BCUT2D eigenvalue weighted by Crippen LogP contribution is -2.25. The van der Waals surface area contributed by atoms with E-state index in [-0.39, 0.29) is 31.5 Å². The number of nitrogens with one attached hydrogen (secondary N) is 1. The van der Waals surface area contributed by atoms with Crippen LogP contribution in [0.1, 0.15) is 27.2 Å². The molecule has 140 valence electrons. The normalized spacial score (nSPS) is 13.6. The van der Waals surface area contributed by atoms with Crippen LogP contribution in [0.25, 0.3) is 0 Å². The molecule has 0 saturated heterocycles. The average molecular weight is 368 g/mol. The number of hydrogen-bond acceptors (Lipinski definition) is 6. The van der Waals surface area contributed by atoms with Crippen LogP contribution in [0.15, 0.2) is 35.3 Å². The van der Waals surface area contributed by atoms with Gasteiger partial charge in [0, 0.05) is 12.1 Å². The van der Waals surface area contributed by atoms with Gasteiger partial charge in [0.15, 0.2) is 5.84 Å². The van der Waals surface area contributed by atoms with Gasteiger partial charge in [-0.25, -0.2) is 9.98 Å². The number of rotatable bonds is 7. The van der Waals surface area contributed by atoms with Gasteiger partial charge in [0.05, 0.1) is 13.2 Å². The first kappa shape index (κ1) is 18.5. The number of amidine groups is 1. The molecule has 0 fully saturated rings. The first-order valence-corrected chi connectivity index (χ1v) is 8.30. The third-order valence-corrected chi connectivity index (χ3v) is 4.16. The second-order valence-corrected chi connectivity index (χ2v) is 5.80. The molecule has 6 N–H and O–H groups in total. The second kappa shape index (κ2) is 7.94. The summed E-state index contributed by atoms with van der Waals surface area (Å²) in [6.45, 7) is 0.603. The van der Waals surface area contributed by atoms with Crippen LogP contribution in [0.5, 0.6) is 5.75 Å². The number of nitrogens with two attached hydrogens (primary N) is 2. The lowest BCUT2D eigenvalue weighted by atomic mass is 10.0. The van der Waals surface area contributed by atoms with Crippen molar-refractivity contribution in [1.82, 2.24) is 4.98 Å². The molecule has 0 saturated carbocycles. The summed E-state index contributed by atoms with van der Waals surface area (Å²) in [5.74, 6) is 0.792. The molecule has 9 heteroatoms. The highest BCUT2D eigenvalue weighted by atomic mass is 16.5. The maximum Gasteiger partial charge on any atom is 0.260 e. The summed E-state index contributed by atoms with van der Waals surface area (Å²) in [5.41, 5.74) is 14.1. The Morgan fingerprint density at radius 1 is 1.44 bits per heavy atom. The molecule has 2 heterocycles. The molecule has 0 unspecified atom stereocenters. The Bertz CT molecular complexity index is 912. The number of nitrogens with zero attached hydrogens (tertiary/aromatic N) is 3. The number of pyridine rings is 1. The summed E-state index contributed by atoms with van der Waals surface area (Å²) < 4.78 is 5.44. The zero-order valence-corrected chi connectivity index (χ0v) is 14.6. The Kier molecular flexibility index (Phi) is 5.43. The molecule has 2 aromatic rings. The largest absolute Gasteiger partial charge is 0.491 e. The Morgan fingerprint density at radius 3 is 2.96 bits per heavy atom. The van der Waals surface area contributed by atoms with E-state index < -0.39 is 0 Å². The van der Waals surface area contributed by atoms with E-state index in [9.17, 15) is 4.79 Å². The molecule has 1 amide bonds. The molecule has 1 aromatic carbocycles. The third-order valence-electron chi connectivity index (χ3n) is 4.16. The zero-order chi connectivity index (χ0) is 19.4. The quantitative estimate of drug-likeness (QED) is 0.410. The number of carbonyl (C=O) groups is 1. The fourth-order valence-corrected chi connectivity index (χ4v) is 2.92. The fraction of sp³-hybridized carbons (Fsp3) is 0.222. The van der Waals surface area contributed by atoms with Gasteiger partial charge in [-0.15, -0.1) is 0 Å². The highest BCUT2D eigenvalue weighted by molar-refractivity contribution is 6.10. The fourth-order valence-electron chi connectivity index (χ4n) is 2.92. The number of aromatic nitrogens is 1. The SMILES string of the molecule is N=CN=C(N)c1cccc(N2Cc3c(CN)cc(OCCO)cc3C2=O)n1.